The van der Waals surface area contributed by atoms with Crippen molar-refractivity contribution in [3.05, 3.63) is 47.1 Å². The molecule has 0 aliphatic rings. The molecule has 2 heterocycles. The van der Waals surface area contributed by atoms with Crippen LogP contribution in [0.1, 0.15) is 5.56 Å². The molecule has 3 rings (SSSR count). The predicted octanol–water partition coefficient (Wildman–Crippen LogP) is 4.30. The third-order valence-electron chi connectivity index (χ3n) is 2.75. The van der Waals surface area contributed by atoms with Gasteiger partial charge in [0.05, 0.1) is 9.72 Å². The molecule has 21 heavy (non-hydrogen) atoms. The van der Waals surface area contributed by atoms with Crippen molar-refractivity contribution in [2.75, 3.05) is 10.6 Å². The summed E-state index contributed by atoms with van der Waals surface area (Å²) in [5.41, 5.74) is 1.71. The number of pyridine rings is 1. The number of hydrogen-bond donors (Lipinski definition) is 2. The van der Waals surface area contributed by atoms with Crippen molar-refractivity contribution in [3.8, 4) is 0 Å². The average Bonchev–Trinajstić information content (AvgIpc) is 2.82. The van der Waals surface area contributed by atoms with E-state index in [2.05, 4.69) is 20.6 Å². The number of thiazole rings is 1. The number of hydrogen-bond acceptors (Lipinski definition) is 4. The van der Waals surface area contributed by atoms with Crippen LogP contribution in [0.4, 0.5) is 15.7 Å². The second kappa shape index (κ2) is 5.67. The molecular formula is C14H11ClN4OS. The Bertz CT molecular complexity index is 818. The average molecular weight is 319 g/mol. The van der Waals surface area contributed by atoms with Gasteiger partial charge in [-0.25, -0.2) is 14.8 Å². The van der Waals surface area contributed by atoms with Crippen molar-refractivity contribution in [2.24, 2.45) is 0 Å². The summed E-state index contributed by atoms with van der Waals surface area (Å²) in [6, 6.07) is 8.79. The Hall–Kier alpha value is -2.18. The molecule has 0 aliphatic carbocycles. The summed E-state index contributed by atoms with van der Waals surface area (Å²) in [6.07, 6.45) is 1.64. The molecule has 0 atom stereocenters. The molecule has 2 N–H and O–H groups in total. The third-order valence-corrected chi connectivity index (χ3v) is 3.99. The lowest BCUT2D eigenvalue weighted by Crippen LogP contribution is -2.19. The summed E-state index contributed by atoms with van der Waals surface area (Å²) in [5, 5.41) is 6.40. The normalized spacial score (nSPS) is 10.6. The van der Waals surface area contributed by atoms with Gasteiger partial charge in [-0.15, -0.1) is 0 Å². The smallest absolute Gasteiger partial charge is 0.292 e. The zero-order valence-corrected chi connectivity index (χ0v) is 12.6. The summed E-state index contributed by atoms with van der Waals surface area (Å²) < 4.78 is 0.923. The largest absolute Gasteiger partial charge is 0.326 e. The minimum absolute atomic E-state index is 0.386. The summed E-state index contributed by atoms with van der Waals surface area (Å²) in [6.45, 7) is 1.93. The van der Waals surface area contributed by atoms with Gasteiger partial charge < -0.3 is 0 Å². The number of para-hydroxylation sites is 1. The summed E-state index contributed by atoms with van der Waals surface area (Å²) in [4.78, 5) is 20.3. The van der Waals surface area contributed by atoms with Gasteiger partial charge in [-0.3, -0.25) is 10.6 Å². The number of rotatable bonds is 2. The molecule has 0 spiro atoms. The van der Waals surface area contributed by atoms with Crippen LogP contribution in [0, 0.1) is 6.92 Å². The Morgan fingerprint density at radius 2 is 2.14 bits per heavy atom. The molecule has 5 nitrogen and oxygen atoms in total. The highest BCUT2D eigenvalue weighted by atomic mass is 35.5. The van der Waals surface area contributed by atoms with Gasteiger partial charge in [0, 0.05) is 6.20 Å². The number of carbonyl (C=O) groups excluding carboxylic acids is 1. The number of nitrogens with one attached hydrogen (secondary N) is 2. The van der Waals surface area contributed by atoms with Gasteiger partial charge in [0.15, 0.2) is 5.13 Å². The standard InChI is InChI=1S/C14H11ClN4OS/c1-8-5-6-16-11(7-8)17-13(20)19-14-18-12-9(15)3-2-4-10(12)21-14/h2-7H,1H3,(H2,16,17,18,19,20). The van der Waals surface area contributed by atoms with Crippen LogP contribution >= 0.6 is 22.9 Å². The van der Waals surface area contributed by atoms with Crippen molar-refractivity contribution >= 4 is 50.1 Å². The fraction of sp³-hybridized carbons (Fsp3) is 0.0714. The first-order valence-corrected chi connectivity index (χ1v) is 7.37. The summed E-state index contributed by atoms with van der Waals surface area (Å²) in [7, 11) is 0. The number of aryl methyl sites for hydroxylation is 1. The quantitative estimate of drug-likeness (QED) is 0.740. The summed E-state index contributed by atoms with van der Waals surface area (Å²) in [5.74, 6) is 0.492. The molecule has 0 saturated carbocycles. The van der Waals surface area contributed by atoms with Crippen LogP contribution < -0.4 is 10.6 Å². The van der Waals surface area contributed by atoms with Crippen LogP contribution in [0.3, 0.4) is 0 Å². The van der Waals surface area contributed by atoms with E-state index in [1.807, 2.05) is 25.1 Å². The van der Waals surface area contributed by atoms with Crippen LogP contribution in [-0.2, 0) is 0 Å². The number of anilines is 2. The first-order valence-electron chi connectivity index (χ1n) is 6.17. The molecule has 2 aromatic heterocycles. The SMILES string of the molecule is Cc1ccnc(NC(=O)Nc2nc3c(Cl)cccc3s2)c1. The summed E-state index contributed by atoms with van der Waals surface area (Å²) >= 11 is 7.43. The third kappa shape index (κ3) is 3.12. The zero-order valence-electron chi connectivity index (χ0n) is 11.1. The van der Waals surface area contributed by atoms with E-state index >= 15 is 0 Å². The van der Waals surface area contributed by atoms with Crippen molar-refractivity contribution in [3.63, 3.8) is 0 Å². The Kier molecular flexibility index (Phi) is 3.72. The van der Waals surface area contributed by atoms with E-state index in [-0.39, 0.29) is 6.03 Å². The van der Waals surface area contributed by atoms with E-state index in [4.69, 9.17) is 11.6 Å². The number of aromatic nitrogens is 2. The second-order valence-electron chi connectivity index (χ2n) is 4.40. The van der Waals surface area contributed by atoms with Gasteiger partial charge in [0.2, 0.25) is 0 Å². The molecule has 0 aliphatic heterocycles. The van der Waals surface area contributed by atoms with Gasteiger partial charge in [0.25, 0.3) is 0 Å². The first kappa shape index (κ1) is 13.8. The lowest BCUT2D eigenvalue weighted by molar-refractivity contribution is 0.262. The van der Waals surface area contributed by atoms with Crippen LogP contribution in [0.25, 0.3) is 10.2 Å². The van der Waals surface area contributed by atoms with E-state index in [1.54, 1.807) is 18.3 Å². The predicted molar refractivity (Wildman–Crippen MR) is 86.2 cm³/mol. The van der Waals surface area contributed by atoms with Gasteiger partial charge in [-0.2, -0.15) is 0 Å². The maximum Gasteiger partial charge on any atom is 0.326 e. The van der Waals surface area contributed by atoms with Gasteiger partial charge in [-0.1, -0.05) is 29.0 Å². The molecule has 3 aromatic rings. The van der Waals surface area contributed by atoms with Crippen molar-refractivity contribution in [1.29, 1.82) is 0 Å². The van der Waals surface area contributed by atoms with Crippen molar-refractivity contribution in [2.45, 2.75) is 6.92 Å². The highest BCUT2D eigenvalue weighted by Crippen LogP contribution is 2.30. The molecule has 106 valence electrons. The number of nitrogens with zero attached hydrogens (tertiary/aromatic N) is 2. The Labute approximate surface area is 130 Å². The van der Waals surface area contributed by atoms with E-state index in [9.17, 15) is 4.79 Å². The first-order chi connectivity index (χ1) is 10.1. The number of amides is 2. The zero-order chi connectivity index (χ0) is 14.8. The topological polar surface area (TPSA) is 66.9 Å². The number of halogens is 1. The second-order valence-corrected chi connectivity index (χ2v) is 5.84. The molecule has 0 fully saturated rings. The Morgan fingerprint density at radius 1 is 1.29 bits per heavy atom. The maximum absolute atomic E-state index is 11.9. The highest BCUT2D eigenvalue weighted by Gasteiger charge is 2.10. The van der Waals surface area contributed by atoms with E-state index in [0.717, 1.165) is 10.3 Å². The van der Waals surface area contributed by atoms with E-state index in [1.165, 1.54) is 11.3 Å². The molecule has 0 bridgehead atoms. The fourth-order valence-electron chi connectivity index (χ4n) is 1.82. The molecule has 7 heteroatoms. The minimum Gasteiger partial charge on any atom is -0.292 e. The molecule has 0 unspecified atom stereocenters. The van der Waals surface area contributed by atoms with Crippen molar-refractivity contribution < 1.29 is 4.79 Å². The molecule has 1 aromatic carbocycles. The Morgan fingerprint density at radius 3 is 2.90 bits per heavy atom. The molecular weight excluding hydrogens is 308 g/mol. The number of fused-ring (bicyclic) bond motifs is 1. The molecule has 2 amide bonds. The molecule has 0 saturated heterocycles. The fourth-order valence-corrected chi connectivity index (χ4v) is 2.98. The van der Waals surface area contributed by atoms with Crippen LogP contribution in [0.5, 0.6) is 0 Å². The van der Waals surface area contributed by atoms with Gasteiger partial charge in [0.1, 0.15) is 11.3 Å². The number of urea groups is 1. The van der Waals surface area contributed by atoms with E-state index in [0.29, 0.717) is 21.5 Å². The van der Waals surface area contributed by atoms with Crippen molar-refractivity contribution in [1.82, 2.24) is 9.97 Å². The Balaban J connectivity index is 1.75. The number of benzene rings is 1. The van der Waals surface area contributed by atoms with Crippen LogP contribution in [0.2, 0.25) is 5.02 Å². The van der Waals surface area contributed by atoms with Gasteiger partial charge >= 0.3 is 6.03 Å². The lowest BCUT2D eigenvalue weighted by Gasteiger charge is -2.04. The lowest BCUT2D eigenvalue weighted by atomic mass is 10.3. The monoisotopic (exact) mass is 318 g/mol. The molecule has 0 radical (unpaired) electrons. The highest BCUT2D eigenvalue weighted by molar-refractivity contribution is 7.22. The minimum atomic E-state index is -0.386. The maximum atomic E-state index is 11.9. The van der Waals surface area contributed by atoms with Crippen LogP contribution in [0.15, 0.2) is 36.5 Å². The van der Waals surface area contributed by atoms with Crippen LogP contribution in [-0.4, -0.2) is 16.0 Å². The van der Waals surface area contributed by atoms with Gasteiger partial charge in [-0.05, 0) is 36.8 Å². The number of carbonyl (C=O) groups is 1. The van der Waals surface area contributed by atoms with E-state index < -0.39 is 0 Å².